The lowest BCUT2D eigenvalue weighted by atomic mass is 10.1. The van der Waals surface area contributed by atoms with Crippen LogP contribution in [-0.4, -0.2) is 39.7 Å². The lowest BCUT2D eigenvalue weighted by Gasteiger charge is -2.17. The van der Waals surface area contributed by atoms with Crippen molar-refractivity contribution in [1.29, 1.82) is 0 Å². The number of nitrogens with two attached hydrogens (primary N) is 1. The highest BCUT2D eigenvalue weighted by Gasteiger charge is 2.33. The van der Waals surface area contributed by atoms with E-state index in [1.807, 2.05) is 0 Å². The van der Waals surface area contributed by atoms with Crippen molar-refractivity contribution < 1.29 is 27.7 Å². The number of ketones is 1. The van der Waals surface area contributed by atoms with Crippen LogP contribution in [0.2, 0.25) is 0 Å². The van der Waals surface area contributed by atoms with Gasteiger partial charge in [0.05, 0.1) is 6.04 Å². The van der Waals surface area contributed by atoms with Crippen molar-refractivity contribution in [2.75, 3.05) is 0 Å². The fourth-order valence-electron chi connectivity index (χ4n) is 2.34. The van der Waals surface area contributed by atoms with Gasteiger partial charge in [0, 0.05) is 31.6 Å². The van der Waals surface area contributed by atoms with Gasteiger partial charge >= 0.3 is 0 Å². The molecule has 1 aromatic heterocycles. The number of nitrogens with one attached hydrogen (secondary N) is 1. The molecule has 26 heavy (non-hydrogen) atoms. The zero-order chi connectivity index (χ0) is 19.3. The average molecular weight is 372 g/mol. The molecule has 8 nitrogen and oxygen atoms in total. The fourth-order valence-corrected chi connectivity index (χ4v) is 2.34. The number of Topliss-reactive ketones (excluding diaryl/α,β-unsaturated/α-hetero) is 1. The largest absolute Gasteiger partial charge is 0.370 e. The van der Waals surface area contributed by atoms with E-state index in [9.17, 15) is 23.2 Å². The molecule has 0 bridgehead atoms. The van der Waals surface area contributed by atoms with Crippen molar-refractivity contribution in [2.45, 2.75) is 69.8 Å². The Kier molecular flexibility index (Phi) is 6.38. The summed E-state index contributed by atoms with van der Waals surface area (Å²) in [5.41, 5.74) is 4.84. The third-order valence-corrected chi connectivity index (χ3v) is 4.11. The molecule has 1 saturated carbocycles. The van der Waals surface area contributed by atoms with Crippen molar-refractivity contribution in [3.05, 3.63) is 11.7 Å². The van der Waals surface area contributed by atoms with Gasteiger partial charge in [-0.05, 0) is 19.3 Å². The summed E-state index contributed by atoms with van der Waals surface area (Å²) in [5.74, 6) is -4.72. The number of hydrogen-bond donors (Lipinski definition) is 2. The molecule has 1 aliphatic rings. The maximum atomic E-state index is 13.6. The van der Waals surface area contributed by atoms with Crippen LogP contribution in [0, 0.1) is 0 Å². The first-order valence-corrected chi connectivity index (χ1v) is 8.55. The van der Waals surface area contributed by atoms with Crippen LogP contribution in [0.4, 0.5) is 8.78 Å². The van der Waals surface area contributed by atoms with E-state index in [4.69, 9.17) is 10.3 Å². The fraction of sp³-hybridized carbons (Fsp3) is 0.688. The number of amides is 2. The van der Waals surface area contributed by atoms with Crippen LogP contribution in [0.1, 0.15) is 74.3 Å². The quantitative estimate of drug-likeness (QED) is 0.569. The Bertz CT molecular complexity index is 673. The van der Waals surface area contributed by atoms with Crippen LogP contribution >= 0.6 is 0 Å². The van der Waals surface area contributed by atoms with E-state index in [1.165, 1.54) is 0 Å². The first-order valence-electron chi connectivity index (χ1n) is 8.55. The molecule has 0 radical (unpaired) electrons. The molecule has 1 aromatic rings. The van der Waals surface area contributed by atoms with Gasteiger partial charge in [0.15, 0.2) is 5.82 Å². The van der Waals surface area contributed by atoms with Crippen molar-refractivity contribution >= 4 is 17.6 Å². The highest BCUT2D eigenvalue weighted by atomic mass is 19.3. The smallest absolute Gasteiger partial charge is 0.296 e. The van der Waals surface area contributed by atoms with Crippen LogP contribution in [-0.2, 0) is 9.59 Å². The summed E-state index contributed by atoms with van der Waals surface area (Å²) >= 11 is 0. The molecule has 1 heterocycles. The van der Waals surface area contributed by atoms with Gasteiger partial charge in [0.2, 0.25) is 23.5 Å². The summed E-state index contributed by atoms with van der Waals surface area (Å²) in [5, 5.41) is 6.16. The number of hydrogen-bond acceptors (Lipinski definition) is 6. The van der Waals surface area contributed by atoms with Crippen molar-refractivity contribution in [2.24, 2.45) is 5.73 Å². The molecule has 1 fully saturated rings. The van der Waals surface area contributed by atoms with Gasteiger partial charge in [-0.2, -0.15) is 4.98 Å². The van der Waals surface area contributed by atoms with Crippen molar-refractivity contribution in [3.8, 4) is 0 Å². The Morgan fingerprint density at radius 2 is 1.96 bits per heavy atom. The van der Waals surface area contributed by atoms with Crippen LogP contribution in [0.15, 0.2) is 4.52 Å². The minimum atomic E-state index is -3.18. The maximum absolute atomic E-state index is 13.6. The van der Waals surface area contributed by atoms with Crippen molar-refractivity contribution in [1.82, 2.24) is 15.5 Å². The highest BCUT2D eigenvalue weighted by molar-refractivity contribution is 5.98. The molecule has 2 amide bonds. The van der Waals surface area contributed by atoms with E-state index in [-0.39, 0.29) is 18.2 Å². The van der Waals surface area contributed by atoms with Crippen LogP contribution in [0.3, 0.4) is 0 Å². The number of aromatic nitrogens is 2. The lowest BCUT2D eigenvalue weighted by molar-refractivity contribution is -0.124. The number of carbonyl (C=O) groups excluding carboxylic acids is 3. The number of rotatable bonds is 11. The Morgan fingerprint density at radius 1 is 1.31 bits per heavy atom. The molecular weight excluding hydrogens is 350 g/mol. The second kappa shape index (κ2) is 8.33. The molecule has 1 aliphatic carbocycles. The first kappa shape index (κ1) is 19.9. The molecule has 3 N–H and O–H groups in total. The number of halogens is 2. The standard InChI is InChI=1S/C16H22F2N4O4/c1-2-10(13(25)15-21-14(22-26-15)9-3-4-9)20-12(24)6-8-16(17,18)7-5-11(19)23/h9-10H,2-8H2,1H3,(H2,19,23)(H,20,24)/t10-/m1/s1. The number of carbonyl (C=O) groups is 3. The third-order valence-electron chi connectivity index (χ3n) is 4.11. The average Bonchev–Trinajstić information content (AvgIpc) is 3.33. The zero-order valence-electron chi connectivity index (χ0n) is 14.5. The normalized spacial score (nSPS) is 15.5. The van der Waals surface area contributed by atoms with Gasteiger partial charge < -0.3 is 15.6 Å². The Hall–Kier alpha value is -2.39. The molecule has 1 atom stereocenters. The maximum Gasteiger partial charge on any atom is 0.296 e. The topological polar surface area (TPSA) is 128 Å². The molecular formula is C16H22F2N4O4. The molecule has 0 saturated heterocycles. The second-order valence-corrected chi connectivity index (χ2v) is 6.45. The van der Waals surface area contributed by atoms with E-state index in [0.717, 1.165) is 12.8 Å². The Labute approximate surface area is 148 Å². The molecule has 10 heteroatoms. The lowest BCUT2D eigenvalue weighted by Crippen LogP contribution is -2.41. The highest BCUT2D eigenvalue weighted by Crippen LogP contribution is 2.38. The van der Waals surface area contributed by atoms with Crippen LogP contribution < -0.4 is 11.1 Å². The van der Waals surface area contributed by atoms with Gasteiger partial charge in [0.25, 0.3) is 5.89 Å². The molecule has 0 unspecified atom stereocenters. The van der Waals surface area contributed by atoms with E-state index < -0.39 is 55.2 Å². The van der Waals surface area contributed by atoms with E-state index in [2.05, 4.69) is 15.5 Å². The number of primary amides is 1. The summed E-state index contributed by atoms with van der Waals surface area (Å²) in [7, 11) is 0. The summed E-state index contributed by atoms with van der Waals surface area (Å²) in [6, 6.07) is -0.922. The number of alkyl halides is 2. The van der Waals surface area contributed by atoms with Gasteiger partial charge in [0.1, 0.15) is 0 Å². The second-order valence-electron chi connectivity index (χ2n) is 6.45. The molecule has 0 aromatic carbocycles. The molecule has 0 spiro atoms. The van der Waals surface area contributed by atoms with Crippen molar-refractivity contribution in [3.63, 3.8) is 0 Å². The summed E-state index contributed by atoms with van der Waals surface area (Å²) in [4.78, 5) is 38.8. The summed E-state index contributed by atoms with van der Waals surface area (Å²) in [6.07, 6.45) is -0.224. The predicted molar refractivity (Wildman–Crippen MR) is 85.4 cm³/mol. The minimum Gasteiger partial charge on any atom is -0.370 e. The first-order chi connectivity index (χ1) is 12.2. The summed E-state index contributed by atoms with van der Waals surface area (Å²) in [6.45, 7) is 1.67. The Balaban J connectivity index is 1.84. The van der Waals surface area contributed by atoms with Gasteiger partial charge in [-0.3, -0.25) is 14.4 Å². The van der Waals surface area contributed by atoms with E-state index in [0.29, 0.717) is 5.82 Å². The van der Waals surface area contributed by atoms with E-state index in [1.54, 1.807) is 6.92 Å². The monoisotopic (exact) mass is 372 g/mol. The molecule has 0 aliphatic heterocycles. The predicted octanol–water partition coefficient (Wildman–Crippen LogP) is 1.71. The zero-order valence-corrected chi connectivity index (χ0v) is 14.5. The van der Waals surface area contributed by atoms with Gasteiger partial charge in [-0.1, -0.05) is 12.1 Å². The van der Waals surface area contributed by atoms with Crippen LogP contribution in [0.5, 0.6) is 0 Å². The van der Waals surface area contributed by atoms with E-state index >= 15 is 0 Å². The number of nitrogens with zero attached hydrogens (tertiary/aromatic N) is 2. The Morgan fingerprint density at radius 3 is 2.54 bits per heavy atom. The van der Waals surface area contributed by atoms with Crippen LogP contribution in [0.25, 0.3) is 0 Å². The SMILES string of the molecule is CC[C@@H](NC(=O)CCC(F)(F)CCC(N)=O)C(=O)c1nc(C2CC2)no1. The van der Waals surface area contributed by atoms with Gasteiger partial charge in [-0.15, -0.1) is 0 Å². The third kappa shape index (κ3) is 5.85. The minimum absolute atomic E-state index is 0.189. The summed E-state index contributed by atoms with van der Waals surface area (Å²) < 4.78 is 32.1. The molecule has 144 valence electrons. The molecule has 2 rings (SSSR count). The van der Waals surface area contributed by atoms with Gasteiger partial charge in [-0.25, -0.2) is 8.78 Å².